The number of nitrogens with one attached hydrogen (secondary N) is 2. The third kappa shape index (κ3) is 7.85. The molecule has 6 heteroatoms. The molecule has 0 radical (unpaired) electrons. The Morgan fingerprint density at radius 3 is 2.19 bits per heavy atom. The minimum absolute atomic E-state index is 0.0337. The summed E-state index contributed by atoms with van der Waals surface area (Å²) in [7, 11) is -3.26. The van der Waals surface area contributed by atoms with Crippen molar-refractivity contribution in [2.75, 3.05) is 12.8 Å². The Hall–Kier alpha value is -0.560. The van der Waals surface area contributed by atoms with Crippen LogP contribution in [0, 0.1) is 0 Å². The van der Waals surface area contributed by atoms with E-state index in [4.69, 9.17) is 0 Å². The van der Waals surface area contributed by atoms with E-state index < -0.39 is 10.0 Å². The molecule has 0 aliphatic heterocycles. The largest absolute Gasteiger partial charge is 0.310 e. The van der Waals surface area contributed by atoms with Gasteiger partial charge in [0, 0.05) is 24.4 Å². The Labute approximate surface area is 133 Å². The van der Waals surface area contributed by atoms with E-state index in [2.05, 4.69) is 23.9 Å². The van der Waals surface area contributed by atoms with E-state index in [-0.39, 0.29) is 11.0 Å². The zero-order valence-corrected chi connectivity index (χ0v) is 14.9. The first-order valence-electron chi connectivity index (χ1n) is 7.13. The minimum atomic E-state index is -3.26. The van der Waals surface area contributed by atoms with Crippen LogP contribution in [0.5, 0.6) is 0 Å². The topological polar surface area (TPSA) is 58.2 Å². The zero-order chi connectivity index (χ0) is 15.9. The number of hydrogen-bond donors (Lipinski definition) is 2. The minimum Gasteiger partial charge on any atom is -0.310 e. The highest BCUT2D eigenvalue weighted by Crippen LogP contribution is 2.09. The van der Waals surface area contributed by atoms with Crippen molar-refractivity contribution in [2.24, 2.45) is 0 Å². The van der Waals surface area contributed by atoms with Crippen LogP contribution in [0.4, 0.5) is 0 Å². The van der Waals surface area contributed by atoms with Crippen molar-refractivity contribution in [3.63, 3.8) is 0 Å². The molecular weight excluding hydrogens is 304 g/mol. The lowest BCUT2D eigenvalue weighted by Gasteiger charge is -2.11. The summed E-state index contributed by atoms with van der Waals surface area (Å²) in [4.78, 5) is 0. The van der Waals surface area contributed by atoms with Gasteiger partial charge in [0.05, 0.1) is 5.75 Å². The van der Waals surface area contributed by atoms with Gasteiger partial charge in [-0.2, -0.15) is 11.8 Å². The van der Waals surface area contributed by atoms with E-state index in [0.29, 0.717) is 12.6 Å². The van der Waals surface area contributed by atoms with Crippen molar-refractivity contribution in [2.45, 2.75) is 44.4 Å². The second kappa shape index (κ2) is 8.78. The van der Waals surface area contributed by atoms with Crippen LogP contribution in [0.15, 0.2) is 24.3 Å². The number of benzene rings is 1. The van der Waals surface area contributed by atoms with Gasteiger partial charge in [0.2, 0.25) is 10.0 Å². The fraction of sp³-hybridized carbons (Fsp3) is 0.600. The molecule has 0 aromatic heterocycles. The molecule has 0 aliphatic rings. The summed E-state index contributed by atoms with van der Waals surface area (Å²) in [6, 6.07) is 8.16. The van der Waals surface area contributed by atoms with E-state index in [9.17, 15) is 8.42 Å². The molecule has 4 nitrogen and oxygen atoms in total. The molecule has 0 fully saturated rings. The van der Waals surface area contributed by atoms with Crippen LogP contribution >= 0.6 is 11.8 Å². The Balaban J connectivity index is 2.54. The first kappa shape index (κ1) is 18.5. The van der Waals surface area contributed by atoms with Crippen LogP contribution in [0.3, 0.4) is 0 Å². The second-order valence-corrected chi connectivity index (χ2v) is 8.59. The number of hydrogen-bond acceptors (Lipinski definition) is 4. The Morgan fingerprint density at radius 1 is 1.10 bits per heavy atom. The van der Waals surface area contributed by atoms with Gasteiger partial charge >= 0.3 is 0 Å². The van der Waals surface area contributed by atoms with E-state index in [1.807, 2.05) is 37.4 Å². The third-order valence-corrected chi connectivity index (χ3v) is 5.38. The van der Waals surface area contributed by atoms with Gasteiger partial charge < -0.3 is 5.32 Å². The van der Waals surface area contributed by atoms with Gasteiger partial charge in [0.1, 0.15) is 0 Å². The molecule has 1 aromatic carbocycles. The van der Waals surface area contributed by atoms with Gasteiger partial charge in [0.15, 0.2) is 0 Å². The van der Waals surface area contributed by atoms with E-state index in [0.717, 1.165) is 17.7 Å². The number of rotatable bonds is 9. The van der Waals surface area contributed by atoms with Gasteiger partial charge in [-0.3, -0.25) is 0 Å². The van der Waals surface area contributed by atoms with Crippen LogP contribution in [0.2, 0.25) is 0 Å². The molecule has 0 saturated heterocycles. The SMILES string of the molecule is CSC(C)CNS(=O)(=O)Cc1ccc(CNC(C)C)cc1. The monoisotopic (exact) mass is 330 g/mol. The molecule has 0 amide bonds. The average Bonchev–Trinajstić information content (AvgIpc) is 2.43. The highest BCUT2D eigenvalue weighted by Gasteiger charge is 2.12. The van der Waals surface area contributed by atoms with Crippen molar-refractivity contribution in [1.82, 2.24) is 10.0 Å². The van der Waals surface area contributed by atoms with Crippen molar-refractivity contribution in [3.8, 4) is 0 Å². The van der Waals surface area contributed by atoms with Gasteiger partial charge in [-0.15, -0.1) is 0 Å². The molecule has 1 unspecified atom stereocenters. The van der Waals surface area contributed by atoms with Crippen molar-refractivity contribution >= 4 is 21.8 Å². The summed E-state index contributed by atoms with van der Waals surface area (Å²) in [5.74, 6) is 0.0337. The predicted octanol–water partition coefficient (Wildman–Crippen LogP) is 2.36. The standard InChI is InChI=1S/C15H26N2O2S2/c1-12(2)16-10-14-5-7-15(8-6-14)11-21(18,19)17-9-13(3)20-4/h5-8,12-13,16-17H,9-11H2,1-4H3. The molecule has 0 heterocycles. The summed E-state index contributed by atoms with van der Waals surface area (Å²) in [6.07, 6.45) is 1.98. The molecular formula is C15H26N2O2S2. The summed E-state index contributed by atoms with van der Waals surface area (Å²) in [5.41, 5.74) is 1.97. The maximum absolute atomic E-state index is 12.0. The Bertz CT molecular complexity index is 513. The average molecular weight is 331 g/mol. The molecule has 1 rings (SSSR count). The highest BCUT2D eigenvalue weighted by molar-refractivity contribution is 7.99. The van der Waals surface area contributed by atoms with E-state index in [1.54, 1.807) is 11.8 Å². The van der Waals surface area contributed by atoms with Gasteiger partial charge in [-0.1, -0.05) is 45.0 Å². The maximum atomic E-state index is 12.0. The molecule has 21 heavy (non-hydrogen) atoms. The molecule has 2 N–H and O–H groups in total. The second-order valence-electron chi connectivity index (χ2n) is 5.51. The quantitative estimate of drug-likeness (QED) is 0.730. The van der Waals surface area contributed by atoms with Crippen LogP contribution in [0.1, 0.15) is 31.9 Å². The first-order chi connectivity index (χ1) is 9.82. The van der Waals surface area contributed by atoms with Gasteiger partial charge in [-0.05, 0) is 17.4 Å². The van der Waals surface area contributed by atoms with Crippen LogP contribution in [0.25, 0.3) is 0 Å². The molecule has 0 bridgehead atoms. The van der Waals surface area contributed by atoms with E-state index in [1.165, 1.54) is 0 Å². The zero-order valence-electron chi connectivity index (χ0n) is 13.2. The number of sulfonamides is 1. The molecule has 120 valence electrons. The first-order valence-corrected chi connectivity index (χ1v) is 10.1. The molecule has 1 atom stereocenters. The van der Waals surface area contributed by atoms with E-state index >= 15 is 0 Å². The van der Waals surface area contributed by atoms with Crippen LogP contribution in [-0.2, 0) is 22.3 Å². The Morgan fingerprint density at radius 2 is 1.67 bits per heavy atom. The highest BCUT2D eigenvalue weighted by atomic mass is 32.2. The summed E-state index contributed by atoms with van der Waals surface area (Å²) < 4.78 is 26.6. The molecule has 0 saturated carbocycles. The lowest BCUT2D eigenvalue weighted by atomic mass is 10.1. The summed E-state index contributed by atoms with van der Waals surface area (Å²) in [6.45, 7) is 7.47. The smallest absolute Gasteiger partial charge is 0.215 e. The summed E-state index contributed by atoms with van der Waals surface area (Å²) >= 11 is 1.65. The maximum Gasteiger partial charge on any atom is 0.215 e. The normalized spacial score (nSPS) is 13.6. The molecule has 1 aromatic rings. The van der Waals surface area contributed by atoms with Crippen molar-refractivity contribution in [1.29, 1.82) is 0 Å². The third-order valence-electron chi connectivity index (χ3n) is 3.09. The predicted molar refractivity (Wildman–Crippen MR) is 92.0 cm³/mol. The fourth-order valence-corrected chi connectivity index (χ4v) is 3.27. The number of thioether (sulfide) groups is 1. The van der Waals surface area contributed by atoms with Crippen molar-refractivity contribution in [3.05, 3.63) is 35.4 Å². The lowest BCUT2D eigenvalue weighted by Crippen LogP contribution is -2.30. The Kier molecular flexibility index (Phi) is 7.73. The van der Waals surface area contributed by atoms with Gasteiger partial charge in [-0.25, -0.2) is 13.1 Å². The lowest BCUT2D eigenvalue weighted by molar-refractivity contribution is 0.580. The van der Waals surface area contributed by atoms with Crippen LogP contribution < -0.4 is 10.0 Å². The van der Waals surface area contributed by atoms with Crippen molar-refractivity contribution < 1.29 is 8.42 Å². The summed E-state index contributed by atoms with van der Waals surface area (Å²) in [5, 5.41) is 3.62. The van der Waals surface area contributed by atoms with Gasteiger partial charge in [0.25, 0.3) is 0 Å². The molecule has 0 aliphatic carbocycles. The van der Waals surface area contributed by atoms with Crippen LogP contribution in [-0.4, -0.2) is 32.5 Å². The molecule has 0 spiro atoms. The fourth-order valence-electron chi connectivity index (χ4n) is 1.67.